The number of carbonyl (C=O) groups is 1. The summed E-state index contributed by atoms with van der Waals surface area (Å²) in [6, 6.07) is 0. The van der Waals surface area contributed by atoms with Gasteiger partial charge in [0, 0.05) is 18.4 Å². The van der Waals surface area contributed by atoms with E-state index in [2.05, 4.69) is 53.6 Å². The van der Waals surface area contributed by atoms with Crippen molar-refractivity contribution in [3.05, 3.63) is 0 Å². The van der Waals surface area contributed by atoms with E-state index in [-0.39, 0.29) is 10.8 Å². The van der Waals surface area contributed by atoms with Crippen molar-refractivity contribution < 1.29 is 9.28 Å². The highest BCUT2D eigenvalue weighted by Crippen LogP contribution is 2.34. The van der Waals surface area contributed by atoms with Crippen molar-refractivity contribution in [2.75, 3.05) is 40.3 Å². The van der Waals surface area contributed by atoms with Gasteiger partial charge in [0.2, 0.25) is 5.91 Å². The fourth-order valence-electron chi connectivity index (χ4n) is 3.34. The lowest BCUT2D eigenvalue weighted by Crippen LogP contribution is -2.46. The molecule has 0 saturated carbocycles. The Morgan fingerprint density at radius 3 is 2.16 bits per heavy atom. The van der Waals surface area contributed by atoms with Crippen LogP contribution in [0.15, 0.2) is 0 Å². The highest BCUT2D eigenvalue weighted by atomic mass is 16.2. The molecule has 0 aromatic rings. The van der Waals surface area contributed by atoms with Crippen LogP contribution in [-0.2, 0) is 4.79 Å². The van der Waals surface area contributed by atoms with Gasteiger partial charge in [0.15, 0.2) is 0 Å². The summed E-state index contributed by atoms with van der Waals surface area (Å²) in [4.78, 5) is 14.9. The zero-order valence-corrected chi connectivity index (χ0v) is 14.0. The standard InChI is InChI=1S/C16H33N2O/c1-15(2,3)13-16(4,5)14(19)17-9-8-11-18(6,7)12-10-17/h8-13H2,1-7H3/q+1. The van der Waals surface area contributed by atoms with Gasteiger partial charge in [0.1, 0.15) is 0 Å². The van der Waals surface area contributed by atoms with Gasteiger partial charge >= 0.3 is 0 Å². The van der Waals surface area contributed by atoms with Crippen molar-refractivity contribution in [3.8, 4) is 0 Å². The maximum Gasteiger partial charge on any atom is 0.228 e. The summed E-state index contributed by atoms with van der Waals surface area (Å²) in [5.74, 6) is 0.337. The molecule has 0 aliphatic carbocycles. The first-order chi connectivity index (χ1) is 8.43. The van der Waals surface area contributed by atoms with Crippen molar-refractivity contribution in [3.63, 3.8) is 0 Å². The molecule has 0 radical (unpaired) electrons. The lowest BCUT2D eigenvalue weighted by molar-refractivity contribution is -0.888. The Morgan fingerprint density at radius 1 is 1.05 bits per heavy atom. The molecule has 1 rings (SSSR count). The first kappa shape index (κ1) is 16.5. The second kappa shape index (κ2) is 5.43. The van der Waals surface area contributed by atoms with E-state index in [4.69, 9.17) is 0 Å². The number of hydrogen-bond acceptors (Lipinski definition) is 1. The number of amides is 1. The molecule has 19 heavy (non-hydrogen) atoms. The second-order valence-corrected chi connectivity index (χ2v) is 8.65. The van der Waals surface area contributed by atoms with Gasteiger partial charge in [-0.3, -0.25) is 4.79 Å². The maximum atomic E-state index is 12.8. The van der Waals surface area contributed by atoms with Crippen LogP contribution in [0.4, 0.5) is 0 Å². The average molecular weight is 269 g/mol. The van der Waals surface area contributed by atoms with Crippen LogP contribution in [0.1, 0.15) is 47.5 Å². The Labute approximate surface area is 119 Å². The van der Waals surface area contributed by atoms with Gasteiger partial charge in [-0.05, 0) is 11.8 Å². The number of likely N-dealkylation sites (N-methyl/N-ethyl adjacent to an activating group) is 1. The first-order valence-corrected chi connectivity index (χ1v) is 7.54. The molecule has 0 aromatic heterocycles. The molecule has 1 amide bonds. The van der Waals surface area contributed by atoms with Crippen LogP contribution in [0, 0.1) is 10.8 Å². The fourth-order valence-corrected chi connectivity index (χ4v) is 3.34. The van der Waals surface area contributed by atoms with Gasteiger partial charge in [-0.15, -0.1) is 0 Å². The highest BCUT2D eigenvalue weighted by Gasteiger charge is 2.37. The molecule has 1 saturated heterocycles. The van der Waals surface area contributed by atoms with Crippen LogP contribution in [0.25, 0.3) is 0 Å². The average Bonchev–Trinajstić information content (AvgIpc) is 2.34. The van der Waals surface area contributed by atoms with Crippen molar-refractivity contribution in [2.24, 2.45) is 10.8 Å². The molecule has 1 heterocycles. The Balaban J connectivity index is 2.71. The second-order valence-electron chi connectivity index (χ2n) is 8.65. The van der Waals surface area contributed by atoms with Crippen LogP contribution in [0.3, 0.4) is 0 Å². The number of rotatable bonds is 2. The number of nitrogens with zero attached hydrogens (tertiary/aromatic N) is 2. The first-order valence-electron chi connectivity index (χ1n) is 7.54. The lowest BCUT2D eigenvalue weighted by atomic mass is 9.75. The van der Waals surface area contributed by atoms with Crippen LogP contribution >= 0.6 is 0 Å². The predicted molar refractivity (Wildman–Crippen MR) is 80.9 cm³/mol. The summed E-state index contributed by atoms with van der Waals surface area (Å²) in [6.07, 6.45) is 2.05. The minimum Gasteiger partial charge on any atom is -0.336 e. The molecule has 1 fully saturated rings. The van der Waals surface area contributed by atoms with E-state index in [0.29, 0.717) is 5.91 Å². The summed E-state index contributed by atoms with van der Waals surface area (Å²) >= 11 is 0. The van der Waals surface area contributed by atoms with E-state index in [1.54, 1.807) is 0 Å². The van der Waals surface area contributed by atoms with Crippen molar-refractivity contribution >= 4 is 5.91 Å². The molecular formula is C16H33N2O+. The largest absolute Gasteiger partial charge is 0.336 e. The molecule has 1 aliphatic rings. The highest BCUT2D eigenvalue weighted by molar-refractivity contribution is 5.82. The minimum absolute atomic E-state index is 0.195. The van der Waals surface area contributed by atoms with E-state index in [1.807, 2.05) is 0 Å². The van der Waals surface area contributed by atoms with Crippen LogP contribution in [0.2, 0.25) is 0 Å². The summed E-state index contributed by atoms with van der Waals surface area (Å²) in [7, 11) is 4.52. The van der Waals surface area contributed by atoms with E-state index >= 15 is 0 Å². The number of hydrogen-bond donors (Lipinski definition) is 0. The SMILES string of the molecule is CC(C)(C)CC(C)(C)C(=O)N1CCC[N+](C)(C)CC1. The monoisotopic (exact) mass is 269 g/mol. The number of quaternary nitrogens is 1. The molecule has 0 unspecified atom stereocenters. The van der Waals surface area contributed by atoms with Gasteiger partial charge in [0.05, 0.1) is 33.7 Å². The van der Waals surface area contributed by atoms with Gasteiger partial charge in [0.25, 0.3) is 0 Å². The molecule has 0 aromatic carbocycles. The maximum absolute atomic E-state index is 12.8. The Bertz CT molecular complexity index is 326. The third kappa shape index (κ3) is 5.13. The van der Waals surface area contributed by atoms with Crippen molar-refractivity contribution in [2.45, 2.75) is 47.5 Å². The quantitative estimate of drug-likeness (QED) is 0.706. The topological polar surface area (TPSA) is 20.3 Å². The van der Waals surface area contributed by atoms with Gasteiger partial charge in [-0.2, -0.15) is 0 Å². The van der Waals surface area contributed by atoms with Crippen LogP contribution < -0.4 is 0 Å². The van der Waals surface area contributed by atoms with Gasteiger partial charge < -0.3 is 9.38 Å². The third-order valence-corrected chi connectivity index (χ3v) is 4.01. The van der Waals surface area contributed by atoms with Gasteiger partial charge in [-0.1, -0.05) is 34.6 Å². The van der Waals surface area contributed by atoms with Crippen LogP contribution in [0.5, 0.6) is 0 Å². The lowest BCUT2D eigenvalue weighted by Gasteiger charge is -2.35. The molecule has 112 valence electrons. The van der Waals surface area contributed by atoms with Crippen molar-refractivity contribution in [1.29, 1.82) is 0 Å². The smallest absolute Gasteiger partial charge is 0.228 e. The zero-order valence-electron chi connectivity index (χ0n) is 14.0. The van der Waals surface area contributed by atoms with E-state index in [0.717, 1.165) is 37.0 Å². The molecule has 3 nitrogen and oxygen atoms in total. The molecular weight excluding hydrogens is 236 g/mol. The molecule has 3 heteroatoms. The fraction of sp³-hybridized carbons (Fsp3) is 0.938. The summed E-state index contributed by atoms with van der Waals surface area (Å²) in [5, 5.41) is 0. The predicted octanol–water partition coefficient (Wildman–Crippen LogP) is 2.76. The van der Waals surface area contributed by atoms with Crippen LogP contribution in [-0.4, -0.2) is 55.6 Å². The summed E-state index contributed by atoms with van der Waals surface area (Å²) in [6.45, 7) is 14.9. The zero-order chi connectivity index (χ0) is 14.9. The molecule has 1 aliphatic heterocycles. The minimum atomic E-state index is -0.250. The van der Waals surface area contributed by atoms with Crippen molar-refractivity contribution in [1.82, 2.24) is 4.90 Å². The van der Waals surface area contributed by atoms with E-state index in [1.165, 1.54) is 6.54 Å². The third-order valence-electron chi connectivity index (χ3n) is 4.01. The van der Waals surface area contributed by atoms with E-state index < -0.39 is 0 Å². The Kier molecular flexibility index (Phi) is 4.71. The molecule has 0 spiro atoms. The normalized spacial score (nSPS) is 21.1. The number of carbonyl (C=O) groups excluding carboxylic acids is 1. The molecule has 0 atom stereocenters. The van der Waals surface area contributed by atoms with E-state index in [9.17, 15) is 4.79 Å². The van der Waals surface area contributed by atoms with Gasteiger partial charge in [-0.25, -0.2) is 0 Å². The Morgan fingerprint density at radius 2 is 1.63 bits per heavy atom. The molecule has 0 N–H and O–H groups in total. The molecule has 0 bridgehead atoms. The summed E-state index contributed by atoms with van der Waals surface area (Å²) < 4.78 is 1.03. The summed E-state index contributed by atoms with van der Waals surface area (Å²) in [5.41, 5.74) is -0.0555. The Hall–Kier alpha value is -0.570.